The lowest BCUT2D eigenvalue weighted by Gasteiger charge is -2.41. The highest BCUT2D eigenvalue weighted by atomic mass is 15.3. The van der Waals surface area contributed by atoms with Crippen LogP contribution in [-0.4, -0.2) is 40.4 Å². The molecular weight excluding hydrogens is 212 g/mol. The molecule has 1 unspecified atom stereocenters. The maximum absolute atomic E-state index is 4.53. The number of nitrogens with zero attached hydrogens (tertiary/aromatic N) is 3. The van der Waals surface area contributed by atoms with E-state index in [-0.39, 0.29) is 0 Å². The van der Waals surface area contributed by atoms with Gasteiger partial charge in [0.05, 0.1) is 5.69 Å². The molecule has 1 aliphatic heterocycles. The summed E-state index contributed by atoms with van der Waals surface area (Å²) < 4.78 is 1.99. The van der Waals surface area contributed by atoms with Crippen LogP contribution in [0.1, 0.15) is 36.8 Å². The average Bonchev–Trinajstić information content (AvgIpc) is 2.46. The van der Waals surface area contributed by atoms with Crippen LogP contribution in [0.5, 0.6) is 0 Å². The standard InChI is InChI=1S/C13H24N4/c1-6-17(12-7-14-8-12)11(4)13-9(2)15-16(5)10(13)3/h11-12,14H,6-8H2,1-5H3. The van der Waals surface area contributed by atoms with Crippen molar-refractivity contribution in [3.8, 4) is 0 Å². The van der Waals surface area contributed by atoms with Crippen LogP contribution >= 0.6 is 0 Å². The Kier molecular flexibility index (Phi) is 3.54. The molecule has 1 aromatic rings. The summed E-state index contributed by atoms with van der Waals surface area (Å²) in [5, 5.41) is 7.88. The molecule has 0 saturated carbocycles. The first-order valence-electron chi connectivity index (χ1n) is 6.52. The molecule has 1 atom stereocenters. The fraction of sp³-hybridized carbons (Fsp3) is 0.769. The van der Waals surface area contributed by atoms with Gasteiger partial charge < -0.3 is 5.32 Å². The normalized spacial score (nSPS) is 18.5. The monoisotopic (exact) mass is 236 g/mol. The molecule has 1 N–H and O–H groups in total. The molecule has 0 bridgehead atoms. The van der Waals surface area contributed by atoms with Gasteiger partial charge in [-0.3, -0.25) is 9.58 Å². The summed E-state index contributed by atoms with van der Waals surface area (Å²) in [5.41, 5.74) is 3.87. The van der Waals surface area contributed by atoms with E-state index < -0.39 is 0 Å². The number of nitrogens with one attached hydrogen (secondary N) is 1. The lowest BCUT2D eigenvalue weighted by Crippen LogP contribution is -2.57. The Morgan fingerprint density at radius 3 is 2.47 bits per heavy atom. The summed E-state index contributed by atoms with van der Waals surface area (Å²) in [6, 6.07) is 1.15. The number of hydrogen-bond donors (Lipinski definition) is 1. The van der Waals surface area contributed by atoms with Crippen molar-refractivity contribution in [1.29, 1.82) is 0 Å². The fourth-order valence-electron chi connectivity index (χ4n) is 2.92. The SMILES string of the molecule is CCN(C1CNC1)C(C)c1c(C)nn(C)c1C. The smallest absolute Gasteiger partial charge is 0.0644 e. The van der Waals surface area contributed by atoms with Gasteiger partial charge in [0.25, 0.3) is 0 Å². The maximum atomic E-state index is 4.53. The molecule has 0 amide bonds. The van der Waals surface area contributed by atoms with Crippen molar-refractivity contribution in [2.75, 3.05) is 19.6 Å². The van der Waals surface area contributed by atoms with Crippen LogP contribution in [0, 0.1) is 13.8 Å². The summed E-state index contributed by atoms with van der Waals surface area (Å²) in [4.78, 5) is 2.58. The van der Waals surface area contributed by atoms with Gasteiger partial charge in [0.15, 0.2) is 0 Å². The molecule has 0 radical (unpaired) electrons. The van der Waals surface area contributed by atoms with Crippen molar-refractivity contribution >= 4 is 0 Å². The molecule has 1 fully saturated rings. The second-order valence-electron chi connectivity index (χ2n) is 5.03. The first-order chi connectivity index (χ1) is 8.06. The number of hydrogen-bond acceptors (Lipinski definition) is 3. The Hall–Kier alpha value is -0.870. The van der Waals surface area contributed by atoms with Gasteiger partial charge in [-0.25, -0.2) is 0 Å². The first-order valence-corrected chi connectivity index (χ1v) is 6.52. The van der Waals surface area contributed by atoms with Crippen molar-refractivity contribution in [2.24, 2.45) is 7.05 Å². The van der Waals surface area contributed by atoms with E-state index in [0.29, 0.717) is 12.1 Å². The lowest BCUT2D eigenvalue weighted by molar-refractivity contribution is 0.109. The fourth-order valence-corrected chi connectivity index (χ4v) is 2.92. The highest BCUT2D eigenvalue weighted by Crippen LogP contribution is 2.28. The molecule has 1 aliphatic rings. The van der Waals surface area contributed by atoms with E-state index in [1.807, 2.05) is 11.7 Å². The summed E-state index contributed by atoms with van der Waals surface area (Å²) in [6.07, 6.45) is 0. The number of aromatic nitrogens is 2. The highest BCUT2D eigenvalue weighted by molar-refractivity contribution is 5.28. The minimum Gasteiger partial charge on any atom is -0.314 e. The van der Waals surface area contributed by atoms with E-state index in [2.05, 4.69) is 43.0 Å². The van der Waals surface area contributed by atoms with Gasteiger partial charge in [-0.2, -0.15) is 5.10 Å². The van der Waals surface area contributed by atoms with Crippen LogP contribution in [-0.2, 0) is 7.05 Å². The maximum Gasteiger partial charge on any atom is 0.0644 e. The number of aryl methyl sites for hydroxylation is 2. The minimum atomic E-state index is 0.459. The zero-order chi connectivity index (χ0) is 12.6. The summed E-state index contributed by atoms with van der Waals surface area (Å²) in [5.74, 6) is 0. The van der Waals surface area contributed by atoms with Crippen LogP contribution in [0.3, 0.4) is 0 Å². The van der Waals surface area contributed by atoms with Gasteiger partial charge in [0, 0.05) is 43.5 Å². The summed E-state index contributed by atoms with van der Waals surface area (Å²) in [7, 11) is 2.03. The zero-order valence-corrected chi connectivity index (χ0v) is 11.6. The predicted octanol–water partition coefficient (Wildman–Crippen LogP) is 1.39. The van der Waals surface area contributed by atoms with Crippen LogP contribution < -0.4 is 5.32 Å². The van der Waals surface area contributed by atoms with E-state index in [4.69, 9.17) is 0 Å². The van der Waals surface area contributed by atoms with Crippen molar-refractivity contribution < 1.29 is 0 Å². The molecule has 2 rings (SSSR count). The highest BCUT2D eigenvalue weighted by Gasteiger charge is 2.30. The minimum absolute atomic E-state index is 0.459. The molecular formula is C13H24N4. The van der Waals surface area contributed by atoms with Crippen molar-refractivity contribution in [1.82, 2.24) is 20.0 Å². The number of rotatable bonds is 4. The Morgan fingerprint density at radius 1 is 1.47 bits per heavy atom. The van der Waals surface area contributed by atoms with Crippen molar-refractivity contribution in [2.45, 2.75) is 39.8 Å². The Labute approximate surface area is 104 Å². The third-order valence-corrected chi connectivity index (χ3v) is 4.07. The van der Waals surface area contributed by atoms with E-state index in [1.54, 1.807) is 0 Å². The quantitative estimate of drug-likeness (QED) is 0.857. The topological polar surface area (TPSA) is 33.1 Å². The van der Waals surface area contributed by atoms with Crippen molar-refractivity contribution in [3.05, 3.63) is 17.0 Å². The zero-order valence-electron chi connectivity index (χ0n) is 11.6. The Bertz CT molecular complexity index is 392. The van der Waals surface area contributed by atoms with Crippen LogP contribution in [0.4, 0.5) is 0 Å². The second-order valence-corrected chi connectivity index (χ2v) is 5.03. The summed E-state index contributed by atoms with van der Waals surface area (Å²) in [6.45, 7) is 12.2. The van der Waals surface area contributed by atoms with Crippen molar-refractivity contribution in [3.63, 3.8) is 0 Å². The Balaban J connectivity index is 2.24. The van der Waals surface area contributed by atoms with E-state index in [9.17, 15) is 0 Å². The van der Waals surface area contributed by atoms with Gasteiger partial charge in [-0.05, 0) is 27.3 Å². The molecule has 96 valence electrons. The van der Waals surface area contributed by atoms with E-state index >= 15 is 0 Å². The third kappa shape index (κ3) is 2.11. The molecule has 4 nitrogen and oxygen atoms in total. The van der Waals surface area contributed by atoms with Gasteiger partial charge >= 0.3 is 0 Å². The van der Waals surface area contributed by atoms with Gasteiger partial charge in [0.1, 0.15) is 0 Å². The average molecular weight is 236 g/mol. The molecule has 0 aliphatic carbocycles. The lowest BCUT2D eigenvalue weighted by atomic mass is 10.0. The third-order valence-electron chi connectivity index (χ3n) is 4.07. The first kappa shape index (κ1) is 12.6. The summed E-state index contributed by atoms with van der Waals surface area (Å²) >= 11 is 0. The van der Waals surface area contributed by atoms with Gasteiger partial charge in [0.2, 0.25) is 0 Å². The molecule has 0 spiro atoms. The predicted molar refractivity (Wildman–Crippen MR) is 70.1 cm³/mol. The van der Waals surface area contributed by atoms with Crippen LogP contribution in [0.25, 0.3) is 0 Å². The van der Waals surface area contributed by atoms with Gasteiger partial charge in [-0.15, -0.1) is 0 Å². The van der Waals surface area contributed by atoms with Crippen LogP contribution in [0.2, 0.25) is 0 Å². The Morgan fingerprint density at radius 2 is 2.12 bits per heavy atom. The van der Waals surface area contributed by atoms with E-state index in [0.717, 1.165) is 19.6 Å². The molecule has 17 heavy (non-hydrogen) atoms. The molecule has 0 aromatic carbocycles. The van der Waals surface area contributed by atoms with Crippen LogP contribution in [0.15, 0.2) is 0 Å². The van der Waals surface area contributed by atoms with Gasteiger partial charge in [-0.1, -0.05) is 6.92 Å². The molecule has 2 heterocycles. The second kappa shape index (κ2) is 4.78. The molecule has 4 heteroatoms. The molecule has 1 aromatic heterocycles. The number of likely N-dealkylation sites (N-methyl/N-ethyl adjacent to an activating group) is 1. The molecule has 1 saturated heterocycles. The van der Waals surface area contributed by atoms with E-state index in [1.165, 1.54) is 17.0 Å². The largest absolute Gasteiger partial charge is 0.314 e.